The molecule has 1 aliphatic rings. The Bertz CT molecular complexity index is 825. The third-order valence-corrected chi connectivity index (χ3v) is 4.95. The van der Waals surface area contributed by atoms with E-state index in [0.717, 1.165) is 24.8 Å². The highest BCUT2D eigenvalue weighted by molar-refractivity contribution is 6.00. The van der Waals surface area contributed by atoms with Gasteiger partial charge >= 0.3 is 0 Å². The zero-order valence-corrected chi connectivity index (χ0v) is 15.8. The van der Waals surface area contributed by atoms with Crippen LogP contribution in [0.5, 0.6) is 11.5 Å². The van der Waals surface area contributed by atoms with E-state index in [9.17, 15) is 14.8 Å². The van der Waals surface area contributed by atoms with Crippen molar-refractivity contribution in [3.8, 4) is 11.5 Å². The number of carbonyl (C=O) groups is 1. The van der Waals surface area contributed by atoms with Gasteiger partial charge < -0.3 is 19.5 Å². The van der Waals surface area contributed by atoms with Gasteiger partial charge in [-0.15, -0.1) is 4.91 Å². The number of carbonyl (C=O) groups excluding carboxylic acids is 1. The van der Waals surface area contributed by atoms with E-state index in [1.54, 1.807) is 4.90 Å². The van der Waals surface area contributed by atoms with Crippen LogP contribution in [0.25, 0.3) is 0 Å². The number of rotatable bonds is 7. The van der Waals surface area contributed by atoms with E-state index in [1.165, 1.54) is 19.2 Å². The van der Waals surface area contributed by atoms with Crippen LogP contribution in [-0.2, 0) is 6.61 Å². The highest BCUT2D eigenvalue weighted by Crippen LogP contribution is 2.36. The number of piperidine rings is 1. The van der Waals surface area contributed by atoms with Crippen molar-refractivity contribution in [2.24, 2.45) is 5.18 Å². The highest BCUT2D eigenvalue weighted by Gasteiger charge is 2.29. The average Bonchev–Trinajstić information content (AvgIpc) is 2.77. The summed E-state index contributed by atoms with van der Waals surface area (Å²) in [5.74, 6) is 0.361. The van der Waals surface area contributed by atoms with Gasteiger partial charge in [0.05, 0.1) is 25.3 Å². The van der Waals surface area contributed by atoms with Gasteiger partial charge in [0.1, 0.15) is 12.3 Å². The van der Waals surface area contributed by atoms with Crippen LogP contribution < -0.4 is 9.47 Å². The van der Waals surface area contributed by atoms with Gasteiger partial charge in [0.25, 0.3) is 5.91 Å². The summed E-state index contributed by atoms with van der Waals surface area (Å²) in [5, 5.41) is 12.6. The Morgan fingerprint density at radius 3 is 2.68 bits per heavy atom. The van der Waals surface area contributed by atoms with Gasteiger partial charge in [-0.3, -0.25) is 4.79 Å². The van der Waals surface area contributed by atoms with Crippen LogP contribution in [0.15, 0.2) is 47.6 Å². The highest BCUT2D eigenvalue weighted by atomic mass is 16.5. The molecule has 1 saturated heterocycles. The van der Waals surface area contributed by atoms with Crippen molar-refractivity contribution in [2.45, 2.75) is 31.9 Å². The molecule has 1 atom stereocenters. The fourth-order valence-electron chi connectivity index (χ4n) is 3.42. The molecule has 7 nitrogen and oxygen atoms in total. The molecule has 1 aliphatic heterocycles. The summed E-state index contributed by atoms with van der Waals surface area (Å²) in [6.45, 7) is 0.726. The predicted octanol–water partition coefficient (Wildman–Crippen LogP) is 3.66. The molecule has 0 saturated carbocycles. The molecular weight excluding hydrogens is 360 g/mol. The zero-order valence-electron chi connectivity index (χ0n) is 15.8. The van der Waals surface area contributed by atoms with E-state index in [4.69, 9.17) is 9.47 Å². The predicted molar refractivity (Wildman–Crippen MR) is 105 cm³/mol. The van der Waals surface area contributed by atoms with Crippen LogP contribution in [-0.4, -0.2) is 42.2 Å². The maximum atomic E-state index is 13.0. The van der Waals surface area contributed by atoms with Gasteiger partial charge in [0.2, 0.25) is 0 Å². The topological polar surface area (TPSA) is 88.4 Å². The Balaban J connectivity index is 1.87. The molecule has 0 aromatic heterocycles. The first-order chi connectivity index (χ1) is 13.7. The molecule has 0 radical (unpaired) electrons. The van der Waals surface area contributed by atoms with Crippen molar-refractivity contribution in [1.82, 2.24) is 4.90 Å². The number of hydrogen-bond donors (Lipinski definition) is 1. The van der Waals surface area contributed by atoms with Crippen molar-refractivity contribution < 1.29 is 19.4 Å². The number of benzene rings is 2. The van der Waals surface area contributed by atoms with Gasteiger partial charge in [-0.1, -0.05) is 30.3 Å². The molecule has 28 heavy (non-hydrogen) atoms. The number of nitroso groups, excluding NO2 is 1. The fourth-order valence-corrected chi connectivity index (χ4v) is 3.42. The molecule has 7 heteroatoms. The molecule has 0 aliphatic carbocycles. The molecule has 0 bridgehead atoms. The lowest BCUT2D eigenvalue weighted by Gasteiger charge is -2.34. The monoisotopic (exact) mass is 384 g/mol. The molecule has 148 valence electrons. The van der Waals surface area contributed by atoms with Crippen molar-refractivity contribution in [2.75, 3.05) is 20.3 Å². The summed E-state index contributed by atoms with van der Waals surface area (Å²) < 4.78 is 11.2. The van der Waals surface area contributed by atoms with Crippen molar-refractivity contribution >= 4 is 11.6 Å². The Hall–Kier alpha value is -2.93. The summed E-state index contributed by atoms with van der Waals surface area (Å²) in [6, 6.07) is 12.3. The molecule has 2 aromatic carbocycles. The Kier molecular flexibility index (Phi) is 6.60. The molecule has 3 rings (SSSR count). The SMILES string of the molecule is COc1cc(C(=O)N2CCCCC2CO)c(N=O)cc1OCc1ccccc1. The molecule has 0 spiro atoms. The lowest BCUT2D eigenvalue weighted by Crippen LogP contribution is -2.45. The molecule has 1 unspecified atom stereocenters. The number of amides is 1. The van der Waals surface area contributed by atoms with Gasteiger partial charge in [-0.2, -0.15) is 0 Å². The van der Waals surface area contributed by atoms with Crippen LogP contribution in [0.1, 0.15) is 35.2 Å². The lowest BCUT2D eigenvalue weighted by molar-refractivity contribution is 0.0503. The summed E-state index contributed by atoms with van der Waals surface area (Å²) in [5.41, 5.74) is 1.11. The second-order valence-electron chi connectivity index (χ2n) is 6.72. The van der Waals surface area contributed by atoms with Crippen LogP contribution in [0.2, 0.25) is 0 Å². The minimum Gasteiger partial charge on any atom is -0.493 e. The van der Waals surface area contributed by atoms with Gasteiger partial charge in [0.15, 0.2) is 11.5 Å². The second-order valence-corrected chi connectivity index (χ2v) is 6.72. The second kappa shape index (κ2) is 9.32. The van der Waals surface area contributed by atoms with E-state index >= 15 is 0 Å². The maximum Gasteiger partial charge on any atom is 0.256 e. The quantitative estimate of drug-likeness (QED) is 0.736. The number of hydrogen-bond acceptors (Lipinski definition) is 6. The Labute approximate surface area is 163 Å². The van der Waals surface area contributed by atoms with Gasteiger partial charge in [-0.25, -0.2) is 0 Å². The third kappa shape index (κ3) is 4.31. The zero-order chi connectivity index (χ0) is 19.9. The van der Waals surface area contributed by atoms with E-state index < -0.39 is 0 Å². The number of nitrogens with zero attached hydrogens (tertiary/aromatic N) is 2. The number of aliphatic hydroxyl groups excluding tert-OH is 1. The van der Waals surface area contributed by atoms with E-state index in [-0.39, 0.29) is 29.8 Å². The maximum absolute atomic E-state index is 13.0. The standard InChI is InChI=1S/C21H24N2O5/c1-27-19-11-17(21(25)23-10-6-5-9-16(23)13-24)18(22-26)12-20(19)28-14-15-7-3-2-4-8-15/h2-4,7-8,11-12,16,24H,5-6,9-10,13-14H2,1H3. The molecular formula is C21H24N2O5. The summed E-state index contributed by atoms with van der Waals surface area (Å²) in [7, 11) is 1.48. The van der Waals surface area contributed by atoms with Crippen LogP contribution in [0.4, 0.5) is 5.69 Å². The lowest BCUT2D eigenvalue weighted by atomic mass is 10.0. The largest absolute Gasteiger partial charge is 0.493 e. The van der Waals surface area contributed by atoms with Crippen molar-refractivity contribution in [3.05, 3.63) is 58.5 Å². The fraction of sp³-hybridized carbons (Fsp3) is 0.381. The minimum absolute atomic E-state index is 0.00359. The van der Waals surface area contributed by atoms with Gasteiger partial charge in [-0.05, 0) is 36.1 Å². The van der Waals surface area contributed by atoms with Crippen LogP contribution >= 0.6 is 0 Å². The summed E-state index contributed by atoms with van der Waals surface area (Å²) in [6.07, 6.45) is 2.56. The van der Waals surface area contributed by atoms with E-state index in [2.05, 4.69) is 5.18 Å². The van der Waals surface area contributed by atoms with Crippen molar-refractivity contribution in [3.63, 3.8) is 0 Å². The third-order valence-electron chi connectivity index (χ3n) is 4.95. The molecule has 1 fully saturated rings. The molecule has 1 heterocycles. The van der Waals surface area contributed by atoms with Gasteiger partial charge in [0, 0.05) is 12.6 Å². The Morgan fingerprint density at radius 2 is 2.00 bits per heavy atom. The smallest absolute Gasteiger partial charge is 0.256 e. The number of methoxy groups -OCH3 is 1. The summed E-state index contributed by atoms with van der Waals surface area (Å²) in [4.78, 5) is 26.1. The van der Waals surface area contributed by atoms with Crippen LogP contribution in [0, 0.1) is 4.91 Å². The number of likely N-dealkylation sites (tertiary alicyclic amines) is 1. The first-order valence-electron chi connectivity index (χ1n) is 9.32. The molecule has 1 amide bonds. The average molecular weight is 384 g/mol. The first-order valence-corrected chi connectivity index (χ1v) is 9.32. The molecule has 2 aromatic rings. The normalized spacial score (nSPS) is 16.5. The minimum atomic E-state index is -0.332. The number of aliphatic hydroxyl groups is 1. The van der Waals surface area contributed by atoms with E-state index in [1.807, 2.05) is 30.3 Å². The first kappa shape index (κ1) is 19.8. The van der Waals surface area contributed by atoms with Crippen molar-refractivity contribution in [1.29, 1.82) is 0 Å². The van der Waals surface area contributed by atoms with Crippen LogP contribution in [0.3, 0.4) is 0 Å². The Morgan fingerprint density at radius 1 is 1.21 bits per heavy atom. The number of ether oxygens (including phenoxy) is 2. The summed E-state index contributed by atoms with van der Waals surface area (Å²) >= 11 is 0. The molecule has 1 N–H and O–H groups in total. The van der Waals surface area contributed by atoms with E-state index in [0.29, 0.717) is 24.7 Å².